The average molecular weight is 328 g/mol. The van der Waals surface area contributed by atoms with E-state index in [0.717, 1.165) is 17.8 Å². The van der Waals surface area contributed by atoms with Crippen LogP contribution in [0.2, 0.25) is 0 Å². The van der Waals surface area contributed by atoms with E-state index in [1.807, 2.05) is 11.3 Å². The van der Waals surface area contributed by atoms with Crippen LogP contribution in [-0.4, -0.2) is 13.1 Å². The van der Waals surface area contributed by atoms with E-state index in [4.69, 9.17) is 0 Å². The molecule has 2 fully saturated rings. The third kappa shape index (κ3) is 2.83. The number of halogens is 1. The highest BCUT2D eigenvalue weighted by atomic mass is 79.9. The molecule has 1 aromatic rings. The summed E-state index contributed by atoms with van der Waals surface area (Å²) in [6.45, 7) is 0. The van der Waals surface area contributed by atoms with Gasteiger partial charge in [-0.2, -0.15) is 0 Å². The predicted molar refractivity (Wildman–Crippen MR) is 82.1 cm³/mol. The molecule has 1 aromatic heterocycles. The van der Waals surface area contributed by atoms with Gasteiger partial charge in [0.1, 0.15) is 0 Å². The van der Waals surface area contributed by atoms with Gasteiger partial charge in [-0.15, -0.1) is 11.3 Å². The molecule has 1 nitrogen and oxygen atoms in total. The second-order valence-electron chi connectivity index (χ2n) is 6.07. The van der Waals surface area contributed by atoms with Crippen LogP contribution in [0.15, 0.2) is 15.9 Å². The number of rotatable bonds is 5. The van der Waals surface area contributed by atoms with Crippen molar-refractivity contribution < 1.29 is 0 Å². The maximum atomic E-state index is 3.56. The van der Waals surface area contributed by atoms with Crippen LogP contribution in [-0.2, 0) is 6.42 Å². The Labute approximate surface area is 122 Å². The molecule has 3 rings (SSSR count). The summed E-state index contributed by atoms with van der Waals surface area (Å²) in [4.78, 5) is 1.50. The largest absolute Gasteiger partial charge is 0.317 e. The van der Waals surface area contributed by atoms with Gasteiger partial charge in [-0.25, -0.2) is 0 Å². The van der Waals surface area contributed by atoms with E-state index < -0.39 is 0 Å². The molecule has 1 heterocycles. The van der Waals surface area contributed by atoms with Gasteiger partial charge in [0.2, 0.25) is 0 Å². The normalized spacial score (nSPS) is 32.0. The van der Waals surface area contributed by atoms with Crippen LogP contribution in [0.4, 0.5) is 0 Å². The van der Waals surface area contributed by atoms with Crippen LogP contribution in [0.5, 0.6) is 0 Å². The molecule has 4 atom stereocenters. The van der Waals surface area contributed by atoms with Gasteiger partial charge in [0.25, 0.3) is 0 Å². The number of nitrogens with one attached hydrogen (secondary N) is 1. The van der Waals surface area contributed by atoms with Gasteiger partial charge in [0.15, 0.2) is 0 Å². The van der Waals surface area contributed by atoms with Gasteiger partial charge in [0.05, 0.1) is 3.79 Å². The third-order valence-electron chi connectivity index (χ3n) is 4.96. The minimum Gasteiger partial charge on any atom is -0.317 e. The van der Waals surface area contributed by atoms with Gasteiger partial charge in [-0.3, -0.25) is 0 Å². The van der Waals surface area contributed by atoms with E-state index >= 15 is 0 Å². The zero-order valence-corrected chi connectivity index (χ0v) is 13.4. The molecule has 3 heteroatoms. The first-order valence-corrected chi connectivity index (χ1v) is 8.77. The van der Waals surface area contributed by atoms with Crippen LogP contribution in [0.3, 0.4) is 0 Å². The van der Waals surface area contributed by atoms with Crippen molar-refractivity contribution in [3.8, 4) is 0 Å². The molecule has 0 amide bonds. The molecule has 0 aliphatic heterocycles. The summed E-state index contributed by atoms with van der Waals surface area (Å²) in [5.41, 5.74) is 0. The summed E-state index contributed by atoms with van der Waals surface area (Å²) in [7, 11) is 2.13. The highest BCUT2D eigenvalue weighted by Gasteiger charge is 2.39. The lowest BCUT2D eigenvalue weighted by Gasteiger charge is -2.26. The first-order valence-electron chi connectivity index (χ1n) is 7.16. The zero-order valence-electron chi connectivity index (χ0n) is 11.0. The molecule has 0 spiro atoms. The molecule has 2 saturated carbocycles. The van der Waals surface area contributed by atoms with Crippen molar-refractivity contribution in [2.24, 2.45) is 17.8 Å². The number of fused-ring (bicyclic) bond motifs is 2. The van der Waals surface area contributed by atoms with Gasteiger partial charge >= 0.3 is 0 Å². The topological polar surface area (TPSA) is 12.0 Å². The summed E-state index contributed by atoms with van der Waals surface area (Å²) in [6.07, 6.45) is 8.65. The Kier molecular flexibility index (Phi) is 4.12. The molecule has 18 heavy (non-hydrogen) atoms. The number of hydrogen-bond acceptors (Lipinski definition) is 2. The molecule has 100 valence electrons. The smallest absolute Gasteiger partial charge is 0.0701 e. The standard InChI is InChI=1S/C15H22BrNS/c1-17-13(9-14-4-5-15(16)18-14)8-12-7-10-2-3-11(12)6-10/h4-5,10-13,17H,2-3,6-9H2,1H3. The van der Waals surface area contributed by atoms with E-state index in [1.165, 1.54) is 47.2 Å². The van der Waals surface area contributed by atoms with Crippen molar-refractivity contribution in [1.82, 2.24) is 5.32 Å². The average Bonchev–Trinajstić information content (AvgIpc) is 3.05. The lowest BCUT2D eigenvalue weighted by Crippen LogP contribution is -2.31. The van der Waals surface area contributed by atoms with Crippen LogP contribution >= 0.6 is 27.3 Å². The Morgan fingerprint density at radius 1 is 1.39 bits per heavy atom. The molecule has 2 aliphatic rings. The van der Waals surface area contributed by atoms with E-state index in [-0.39, 0.29) is 0 Å². The van der Waals surface area contributed by atoms with E-state index in [1.54, 1.807) is 0 Å². The van der Waals surface area contributed by atoms with Crippen molar-refractivity contribution in [3.63, 3.8) is 0 Å². The first kappa shape index (κ1) is 13.1. The maximum absolute atomic E-state index is 3.56. The molecule has 2 aliphatic carbocycles. The summed E-state index contributed by atoms with van der Waals surface area (Å²) in [6, 6.07) is 5.10. The summed E-state index contributed by atoms with van der Waals surface area (Å²) < 4.78 is 1.26. The molecule has 0 aromatic carbocycles. The van der Waals surface area contributed by atoms with Crippen molar-refractivity contribution >= 4 is 27.3 Å². The third-order valence-corrected chi connectivity index (χ3v) is 6.60. The SMILES string of the molecule is CNC(Cc1ccc(Br)s1)CC1CC2CCC1C2. The monoisotopic (exact) mass is 327 g/mol. The number of likely N-dealkylation sites (N-methyl/N-ethyl adjacent to an activating group) is 1. The van der Waals surface area contributed by atoms with Crippen molar-refractivity contribution in [2.75, 3.05) is 7.05 Å². The fourth-order valence-electron chi connectivity index (χ4n) is 4.04. The van der Waals surface area contributed by atoms with Crippen molar-refractivity contribution in [2.45, 2.75) is 44.6 Å². The second-order valence-corrected chi connectivity index (χ2v) is 8.61. The highest BCUT2D eigenvalue weighted by molar-refractivity contribution is 9.11. The van der Waals surface area contributed by atoms with E-state index in [2.05, 4.69) is 40.4 Å². The Morgan fingerprint density at radius 3 is 2.83 bits per heavy atom. The van der Waals surface area contributed by atoms with Crippen molar-refractivity contribution in [3.05, 3.63) is 20.8 Å². The minimum absolute atomic E-state index is 0.667. The van der Waals surface area contributed by atoms with Crippen molar-refractivity contribution in [1.29, 1.82) is 0 Å². The Balaban J connectivity index is 1.56. The first-order chi connectivity index (χ1) is 8.74. The maximum Gasteiger partial charge on any atom is 0.0701 e. The van der Waals surface area contributed by atoms with Crippen LogP contribution in [0.1, 0.15) is 37.0 Å². The van der Waals surface area contributed by atoms with Gasteiger partial charge < -0.3 is 5.32 Å². The molecular formula is C15H22BrNS. The molecule has 0 radical (unpaired) electrons. The minimum atomic E-state index is 0.667. The molecular weight excluding hydrogens is 306 g/mol. The van der Waals surface area contributed by atoms with Gasteiger partial charge in [-0.05, 0) is 85.0 Å². The van der Waals surface area contributed by atoms with Crippen LogP contribution in [0, 0.1) is 17.8 Å². The molecule has 0 saturated heterocycles. The predicted octanol–water partition coefficient (Wildman–Crippen LogP) is 4.47. The van der Waals surface area contributed by atoms with E-state index in [9.17, 15) is 0 Å². The van der Waals surface area contributed by atoms with Crippen LogP contribution in [0.25, 0.3) is 0 Å². The van der Waals surface area contributed by atoms with Crippen LogP contribution < -0.4 is 5.32 Å². The zero-order chi connectivity index (χ0) is 12.5. The van der Waals surface area contributed by atoms with Gasteiger partial charge in [0, 0.05) is 10.9 Å². The Morgan fingerprint density at radius 2 is 2.28 bits per heavy atom. The summed E-state index contributed by atoms with van der Waals surface area (Å²) >= 11 is 5.44. The Hall–Kier alpha value is 0.140. The quantitative estimate of drug-likeness (QED) is 0.841. The summed E-state index contributed by atoms with van der Waals surface area (Å²) in [5.74, 6) is 3.14. The fraction of sp³-hybridized carbons (Fsp3) is 0.733. The number of thiophene rings is 1. The fourth-order valence-corrected chi connectivity index (χ4v) is 5.60. The lowest BCUT2D eigenvalue weighted by atomic mass is 9.83. The Bertz CT molecular complexity index is 403. The molecule has 2 bridgehead atoms. The van der Waals surface area contributed by atoms with Gasteiger partial charge in [-0.1, -0.05) is 6.42 Å². The highest BCUT2D eigenvalue weighted by Crippen LogP contribution is 2.50. The molecule has 1 N–H and O–H groups in total. The second kappa shape index (κ2) is 5.64. The molecule has 4 unspecified atom stereocenters. The number of hydrogen-bond donors (Lipinski definition) is 1. The lowest BCUT2D eigenvalue weighted by molar-refractivity contribution is 0.282. The summed E-state index contributed by atoms with van der Waals surface area (Å²) in [5, 5.41) is 3.54. The van der Waals surface area contributed by atoms with E-state index in [0.29, 0.717) is 6.04 Å².